The summed E-state index contributed by atoms with van der Waals surface area (Å²) in [6.07, 6.45) is 1.62. The van der Waals surface area contributed by atoms with Gasteiger partial charge < -0.3 is 20.0 Å². The molecule has 0 saturated heterocycles. The standard InChI is InChI=1S/C17H16BrClN2O4/c1-24-15-7-11(6-13(18)17(15)25-10-16(22)23)8-20-21-9-12-4-2-3-5-14(12)19/h2-8,21H,9-10H2,1H3,(H,22,23)/b20-8-. The molecule has 132 valence electrons. The van der Waals surface area contributed by atoms with Crippen LogP contribution in [-0.2, 0) is 11.3 Å². The average molecular weight is 428 g/mol. The Labute approximate surface area is 158 Å². The van der Waals surface area contributed by atoms with Gasteiger partial charge in [0.25, 0.3) is 0 Å². The van der Waals surface area contributed by atoms with Crippen molar-refractivity contribution in [3.05, 3.63) is 57.0 Å². The third-order valence-corrected chi connectivity index (χ3v) is 4.08. The summed E-state index contributed by atoms with van der Waals surface area (Å²) in [7, 11) is 1.48. The van der Waals surface area contributed by atoms with Crippen molar-refractivity contribution >= 4 is 39.7 Å². The van der Waals surface area contributed by atoms with Crippen LogP contribution in [0.5, 0.6) is 11.5 Å². The second-order valence-corrected chi connectivity index (χ2v) is 6.16. The normalized spacial score (nSPS) is 10.7. The molecule has 2 rings (SSSR count). The van der Waals surface area contributed by atoms with Crippen molar-refractivity contribution in [3.63, 3.8) is 0 Å². The van der Waals surface area contributed by atoms with E-state index >= 15 is 0 Å². The quantitative estimate of drug-likeness (QED) is 0.496. The molecule has 0 spiro atoms. The first-order valence-corrected chi connectivity index (χ1v) is 8.40. The Balaban J connectivity index is 2.05. The molecule has 0 radical (unpaired) electrons. The topological polar surface area (TPSA) is 80.1 Å². The monoisotopic (exact) mass is 426 g/mol. The lowest BCUT2D eigenvalue weighted by Crippen LogP contribution is -2.10. The zero-order valence-corrected chi connectivity index (χ0v) is 15.7. The number of hydrogen-bond acceptors (Lipinski definition) is 5. The minimum atomic E-state index is -1.07. The van der Waals surface area contributed by atoms with Gasteiger partial charge in [0.2, 0.25) is 0 Å². The van der Waals surface area contributed by atoms with Crippen molar-refractivity contribution in [3.8, 4) is 11.5 Å². The maximum absolute atomic E-state index is 10.6. The van der Waals surface area contributed by atoms with Crippen molar-refractivity contribution in [2.75, 3.05) is 13.7 Å². The first-order chi connectivity index (χ1) is 12.0. The van der Waals surface area contributed by atoms with Crippen LogP contribution in [0.2, 0.25) is 5.02 Å². The molecule has 0 bridgehead atoms. The van der Waals surface area contributed by atoms with Gasteiger partial charge in [-0.05, 0) is 45.3 Å². The van der Waals surface area contributed by atoms with Crippen LogP contribution in [0.3, 0.4) is 0 Å². The summed E-state index contributed by atoms with van der Waals surface area (Å²) in [5.41, 5.74) is 4.61. The van der Waals surface area contributed by atoms with E-state index in [0.717, 1.165) is 11.1 Å². The lowest BCUT2D eigenvalue weighted by molar-refractivity contribution is -0.139. The number of carbonyl (C=O) groups is 1. The van der Waals surface area contributed by atoms with Gasteiger partial charge in [0.15, 0.2) is 18.1 Å². The number of ether oxygens (including phenoxy) is 2. The fourth-order valence-corrected chi connectivity index (χ4v) is 2.76. The van der Waals surface area contributed by atoms with Crippen molar-refractivity contribution in [2.24, 2.45) is 5.10 Å². The summed E-state index contributed by atoms with van der Waals surface area (Å²) in [6, 6.07) is 11.0. The SMILES string of the molecule is COc1cc(/C=N\NCc2ccccc2Cl)cc(Br)c1OCC(=O)O. The van der Waals surface area contributed by atoms with Gasteiger partial charge in [-0.2, -0.15) is 5.10 Å². The second-order valence-electron chi connectivity index (χ2n) is 4.90. The van der Waals surface area contributed by atoms with E-state index in [1.54, 1.807) is 18.3 Å². The molecule has 0 atom stereocenters. The Morgan fingerprint density at radius 3 is 2.84 bits per heavy atom. The highest BCUT2D eigenvalue weighted by Crippen LogP contribution is 2.36. The molecule has 0 aliphatic rings. The summed E-state index contributed by atoms with van der Waals surface area (Å²) in [4.78, 5) is 10.6. The molecule has 0 aromatic heterocycles. The van der Waals surface area contributed by atoms with E-state index in [4.69, 9.17) is 26.2 Å². The van der Waals surface area contributed by atoms with Crippen molar-refractivity contribution in [1.82, 2.24) is 5.43 Å². The van der Waals surface area contributed by atoms with Gasteiger partial charge in [0, 0.05) is 5.02 Å². The number of hydrogen-bond donors (Lipinski definition) is 2. The number of aliphatic carboxylic acids is 1. The summed E-state index contributed by atoms with van der Waals surface area (Å²) >= 11 is 9.43. The fraction of sp³-hybridized carbons (Fsp3) is 0.176. The van der Waals surface area contributed by atoms with Gasteiger partial charge in [0.1, 0.15) is 0 Å². The molecule has 0 aliphatic heterocycles. The third-order valence-electron chi connectivity index (χ3n) is 3.12. The van der Waals surface area contributed by atoms with Gasteiger partial charge in [-0.1, -0.05) is 29.8 Å². The maximum atomic E-state index is 10.6. The second kappa shape index (κ2) is 9.29. The molecule has 0 aliphatic carbocycles. The zero-order chi connectivity index (χ0) is 18.2. The number of hydrazone groups is 1. The van der Waals surface area contributed by atoms with Crippen LogP contribution in [-0.4, -0.2) is 31.0 Å². The Morgan fingerprint density at radius 2 is 2.16 bits per heavy atom. The molecule has 2 aromatic carbocycles. The van der Waals surface area contributed by atoms with E-state index in [1.807, 2.05) is 24.3 Å². The summed E-state index contributed by atoms with van der Waals surface area (Å²) in [5, 5.41) is 13.5. The van der Waals surface area contributed by atoms with Crippen molar-refractivity contribution < 1.29 is 19.4 Å². The van der Waals surface area contributed by atoms with E-state index in [0.29, 0.717) is 27.5 Å². The first-order valence-electron chi connectivity index (χ1n) is 7.22. The maximum Gasteiger partial charge on any atom is 0.341 e. The molecular formula is C17H16BrClN2O4. The van der Waals surface area contributed by atoms with E-state index < -0.39 is 12.6 Å². The number of nitrogens with one attached hydrogen (secondary N) is 1. The van der Waals surface area contributed by atoms with E-state index in [-0.39, 0.29) is 0 Å². The summed E-state index contributed by atoms with van der Waals surface area (Å²) in [6.45, 7) is 0.0378. The number of methoxy groups -OCH3 is 1. The molecule has 0 fully saturated rings. The molecular weight excluding hydrogens is 412 g/mol. The van der Waals surface area contributed by atoms with Crippen molar-refractivity contribution in [2.45, 2.75) is 6.54 Å². The molecule has 0 amide bonds. The van der Waals surface area contributed by atoms with Gasteiger partial charge in [-0.25, -0.2) is 4.79 Å². The first kappa shape index (κ1) is 19.1. The highest BCUT2D eigenvalue weighted by molar-refractivity contribution is 9.10. The number of carboxylic acid groups (broad SMARTS) is 1. The molecule has 0 unspecified atom stereocenters. The van der Waals surface area contributed by atoms with Gasteiger partial charge >= 0.3 is 5.97 Å². The van der Waals surface area contributed by atoms with Crippen LogP contribution in [0.1, 0.15) is 11.1 Å². The minimum absolute atomic E-state index is 0.325. The average Bonchev–Trinajstić information content (AvgIpc) is 2.58. The highest BCUT2D eigenvalue weighted by Gasteiger charge is 2.12. The van der Waals surface area contributed by atoms with Gasteiger partial charge in [-0.3, -0.25) is 0 Å². The molecule has 6 nitrogen and oxygen atoms in total. The molecule has 2 aromatic rings. The van der Waals surface area contributed by atoms with Crippen LogP contribution >= 0.6 is 27.5 Å². The van der Waals surface area contributed by atoms with Crippen LogP contribution in [0.15, 0.2) is 46.0 Å². The van der Waals surface area contributed by atoms with Crippen LogP contribution in [0.25, 0.3) is 0 Å². The molecule has 0 heterocycles. The number of carboxylic acids is 1. The minimum Gasteiger partial charge on any atom is -0.493 e. The van der Waals surface area contributed by atoms with Gasteiger partial charge in [-0.15, -0.1) is 0 Å². The Kier molecular flexibility index (Phi) is 7.09. The van der Waals surface area contributed by atoms with Crippen LogP contribution in [0.4, 0.5) is 0 Å². The molecule has 0 saturated carbocycles. The number of rotatable bonds is 8. The lowest BCUT2D eigenvalue weighted by Gasteiger charge is -2.12. The Bertz CT molecular complexity index is 783. The Morgan fingerprint density at radius 1 is 1.40 bits per heavy atom. The molecule has 8 heteroatoms. The number of halogens is 2. The fourth-order valence-electron chi connectivity index (χ4n) is 1.98. The number of benzene rings is 2. The van der Waals surface area contributed by atoms with Crippen molar-refractivity contribution in [1.29, 1.82) is 0 Å². The van der Waals surface area contributed by atoms with Gasteiger partial charge in [0.05, 0.1) is 24.3 Å². The van der Waals surface area contributed by atoms with E-state index in [2.05, 4.69) is 26.5 Å². The van der Waals surface area contributed by atoms with Crippen LogP contribution < -0.4 is 14.9 Å². The lowest BCUT2D eigenvalue weighted by atomic mass is 10.2. The summed E-state index contributed by atoms with van der Waals surface area (Å²) < 4.78 is 11.0. The largest absolute Gasteiger partial charge is 0.493 e. The predicted molar refractivity (Wildman–Crippen MR) is 99.7 cm³/mol. The predicted octanol–water partition coefficient (Wildman–Crippen LogP) is 3.70. The zero-order valence-electron chi connectivity index (χ0n) is 13.3. The summed E-state index contributed by atoms with van der Waals surface area (Å²) in [5.74, 6) is -0.336. The Hall–Kier alpha value is -2.25. The smallest absolute Gasteiger partial charge is 0.341 e. The van der Waals surface area contributed by atoms with Crippen LogP contribution in [0, 0.1) is 0 Å². The molecule has 2 N–H and O–H groups in total. The van der Waals surface area contributed by atoms with E-state index in [1.165, 1.54) is 7.11 Å². The third kappa shape index (κ3) is 5.65. The number of nitrogens with zero attached hydrogens (tertiary/aromatic N) is 1. The highest BCUT2D eigenvalue weighted by atomic mass is 79.9. The van der Waals surface area contributed by atoms with E-state index in [9.17, 15) is 4.79 Å². The molecule has 25 heavy (non-hydrogen) atoms.